The fourth-order valence-corrected chi connectivity index (χ4v) is 1.28. The van der Waals surface area contributed by atoms with Crippen LogP contribution in [0.3, 0.4) is 0 Å². The van der Waals surface area contributed by atoms with Gasteiger partial charge in [-0.25, -0.2) is 0 Å². The predicted molar refractivity (Wildman–Crippen MR) is 57.0 cm³/mol. The molecule has 0 spiro atoms. The Morgan fingerprint density at radius 1 is 1.50 bits per heavy atom. The molecule has 72 valence electrons. The van der Waals surface area contributed by atoms with E-state index in [1.807, 2.05) is 31.2 Å². The monoisotopic (exact) mass is 187 g/mol. The molecule has 0 saturated carbocycles. The number of amides is 1. The van der Waals surface area contributed by atoms with Crippen LogP contribution in [-0.4, -0.2) is 12.5 Å². The molecule has 0 aromatic heterocycles. The molecule has 2 nitrogen and oxygen atoms in total. The van der Waals surface area contributed by atoms with Crippen LogP contribution < -0.4 is 5.32 Å². The number of carbonyl (C=O) groups excluding carboxylic acids is 1. The SMILES string of the molecule is C#CCNC(=O)c1ccccc1CC. The zero-order valence-electron chi connectivity index (χ0n) is 8.21. The van der Waals surface area contributed by atoms with Gasteiger partial charge in [-0.15, -0.1) is 6.42 Å². The first-order chi connectivity index (χ1) is 6.79. The summed E-state index contributed by atoms with van der Waals surface area (Å²) in [6.07, 6.45) is 5.91. The number of hydrogen-bond acceptors (Lipinski definition) is 1. The molecule has 0 aliphatic rings. The van der Waals surface area contributed by atoms with E-state index < -0.39 is 0 Å². The molecule has 0 heterocycles. The topological polar surface area (TPSA) is 29.1 Å². The quantitative estimate of drug-likeness (QED) is 0.716. The van der Waals surface area contributed by atoms with Crippen molar-refractivity contribution < 1.29 is 4.79 Å². The van der Waals surface area contributed by atoms with Gasteiger partial charge in [-0.2, -0.15) is 0 Å². The van der Waals surface area contributed by atoms with Crippen LogP contribution in [0.4, 0.5) is 0 Å². The van der Waals surface area contributed by atoms with Crippen molar-refractivity contribution in [3.05, 3.63) is 35.4 Å². The second-order valence-corrected chi connectivity index (χ2v) is 2.90. The Labute approximate surface area is 84.3 Å². The van der Waals surface area contributed by atoms with Crippen LogP contribution in [0.1, 0.15) is 22.8 Å². The molecular weight excluding hydrogens is 174 g/mol. The highest BCUT2D eigenvalue weighted by molar-refractivity contribution is 5.95. The van der Waals surface area contributed by atoms with Crippen molar-refractivity contribution in [1.29, 1.82) is 0 Å². The summed E-state index contributed by atoms with van der Waals surface area (Å²) in [5.74, 6) is 2.28. The van der Waals surface area contributed by atoms with Crippen LogP contribution in [0.25, 0.3) is 0 Å². The minimum Gasteiger partial charge on any atom is -0.341 e. The molecule has 0 unspecified atom stereocenters. The maximum Gasteiger partial charge on any atom is 0.252 e. The predicted octanol–water partition coefficient (Wildman–Crippen LogP) is 1.61. The van der Waals surface area contributed by atoms with E-state index in [0.717, 1.165) is 12.0 Å². The first-order valence-corrected chi connectivity index (χ1v) is 4.59. The first-order valence-electron chi connectivity index (χ1n) is 4.59. The summed E-state index contributed by atoms with van der Waals surface area (Å²) in [6.45, 7) is 2.30. The third-order valence-corrected chi connectivity index (χ3v) is 1.99. The molecule has 0 aliphatic carbocycles. The molecule has 1 amide bonds. The number of rotatable bonds is 3. The van der Waals surface area contributed by atoms with E-state index in [9.17, 15) is 4.79 Å². The van der Waals surface area contributed by atoms with Gasteiger partial charge in [0.25, 0.3) is 5.91 Å². The number of aryl methyl sites for hydroxylation is 1. The molecular formula is C12H13NO. The lowest BCUT2D eigenvalue weighted by atomic mass is 10.0. The number of carbonyl (C=O) groups is 1. The lowest BCUT2D eigenvalue weighted by molar-refractivity contribution is 0.0958. The van der Waals surface area contributed by atoms with Crippen molar-refractivity contribution in [3.63, 3.8) is 0 Å². The van der Waals surface area contributed by atoms with Crippen LogP contribution in [0.5, 0.6) is 0 Å². The molecule has 1 N–H and O–H groups in total. The van der Waals surface area contributed by atoms with Crippen LogP contribution in [0.15, 0.2) is 24.3 Å². The Hall–Kier alpha value is -1.75. The smallest absolute Gasteiger partial charge is 0.252 e. The summed E-state index contributed by atoms with van der Waals surface area (Å²) in [5.41, 5.74) is 1.76. The molecule has 0 radical (unpaired) electrons. The normalized spacial score (nSPS) is 9.14. The van der Waals surface area contributed by atoms with Crippen molar-refractivity contribution in [1.82, 2.24) is 5.32 Å². The molecule has 1 aromatic rings. The Morgan fingerprint density at radius 3 is 2.86 bits per heavy atom. The minimum absolute atomic E-state index is 0.0969. The maximum absolute atomic E-state index is 11.6. The molecule has 14 heavy (non-hydrogen) atoms. The Balaban J connectivity index is 2.84. The summed E-state index contributed by atoms with van der Waals surface area (Å²) < 4.78 is 0. The molecule has 1 rings (SSSR count). The van der Waals surface area contributed by atoms with Crippen molar-refractivity contribution in [2.45, 2.75) is 13.3 Å². The molecule has 0 fully saturated rings. The number of hydrogen-bond donors (Lipinski definition) is 1. The Kier molecular flexibility index (Phi) is 3.75. The van der Waals surface area contributed by atoms with Gasteiger partial charge in [-0.1, -0.05) is 31.0 Å². The number of terminal acetylenes is 1. The Bertz CT molecular complexity index is 363. The lowest BCUT2D eigenvalue weighted by Gasteiger charge is -2.06. The van der Waals surface area contributed by atoms with E-state index >= 15 is 0 Å². The first kappa shape index (κ1) is 10.3. The third kappa shape index (κ3) is 2.37. The second-order valence-electron chi connectivity index (χ2n) is 2.90. The van der Waals surface area contributed by atoms with Crippen LogP contribution in [0.2, 0.25) is 0 Å². The molecule has 1 aromatic carbocycles. The number of nitrogens with one attached hydrogen (secondary N) is 1. The van der Waals surface area contributed by atoms with E-state index in [1.165, 1.54) is 0 Å². The summed E-state index contributed by atoms with van der Waals surface area (Å²) >= 11 is 0. The largest absolute Gasteiger partial charge is 0.341 e. The van der Waals surface area contributed by atoms with Crippen molar-refractivity contribution in [2.75, 3.05) is 6.54 Å². The zero-order valence-corrected chi connectivity index (χ0v) is 8.21. The zero-order chi connectivity index (χ0) is 10.4. The average molecular weight is 187 g/mol. The summed E-state index contributed by atoms with van der Waals surface area (Å²) in [5, 5.41) is 2.65. The van der Waals surface area contributed by atoms with Gasteiger partial charge in [0.15, 0.2) is 0 Å². The van der Waals surface area contributed by atoms with E-state index in [2.05, 4.69) is 11.2 Å². The minimum atomic E-state index is -0.0969. The second kappa shape index (κ2) is 5.08. The lowest BCUT2D eigenvalue weighted by Crippen LogP contribution is -2.24. The van der Waals surface area contributed by atoms with Gasteiger partial charge in [-0.3, -0.25) is 4.79 Å². The van der Waals surface area contributed by atoms with Crippen LogP contribution in [0, 0.1) is 12.3 Å². The van der Waals surface area contributed by atoms with Crippen molar-refractivity contribution in [2.24, 2.45) is 0 Å². The third-order valence-electron chi connectivity index (χ3n) is 1.99. The van der Waals surface area contributed by atoms with Gasteiger partial charge in [0, 0.05) is 5.56 Å². The highest BCUT2D eigenvalue weighted by atomic mass is 16.1. The van der Waals surface area contributed by atoms with E-state index in [-0.39, 0.29) is 12.5 Å². The van der Waals surface area contributed by atoms with Gasteiger partial charge in [0.1, 0.15) is 0 Å². The molecule has 2 heteroatoms. The van der Waals surface area contributed by atoms with E-state index in [0.29, 0.717) is 5.56 Å². The maximum atomic E-state index is 11.6. The number of benzene rings is 1. The fourth-order valence-electron chi connectivity index (χ4n) is 1.28. The van der Waals surface area contributed by atoms with E-state index in [4.69, 9.17) is 6.42 Å². The van der Waals surface area contributed by atoms with Gasteiger partial charge < -0.3 is 5.32 Å². The molecule has 0 aliphatic heterocycles. The summed E-state index contributed by atoms with van der Waals surface area (Å²) in [6, 6.07) is 7.54. The Morgan fingerprint density at radius 2 is 2.21 bits per heavy atom. The highest BCUT2D eigenvalue weighted by Gasteiger charge is 2.07. The molecule has 0 atom stereocenters. The summed E-state index contributed by atoms with van der Waals surface area (Å²) in [4.78, 5) is 11.6. The van der Waals surface area contributed by atoms with Crippen LogP contribution >= 0.6 is 0 Å². The molecule has 0 bridgehead atoms. The van der Waals surface area contributed by atoms with Crippen molar-refractivity contribution >= 4 is 5.91 Å². The highest BCUT2D eigenvalue weighted by Crippen LogP contribution is 2.08. The van der Waals surface area contributed by atoms with Crippen LogP contribution in [-0.2, 0) is 6.42 Å². The molecule has 0 saturated heterocycles. The van der Waals surface area contributed by atoms with Gasteiger partial charge in [0.05, 0.1) is 6.54 Å². The fraction of sp³-hybridized carbons (Fsp3) is 0.250. The average Bonchev–Trinajstić information content (AvgIpc) is 2.25. The van der Waals surface area contributed by atoms with E-state index in [1.54, 1.807) is 0 Å². The van der Waals surface area contributed by atoms with Gasteiger partial charge in [-0.05, 0) is 18.1 Å². The standard InChI is InChI=1S/C12H13NO/c1-3-9-13-12(14)11-8-6-5-7-10(11)4-2/h1,5-8H,4,9H2,2H3,(H,13,14). The summed E-state index contributed by atoms with van der Waals surface area (Å²) in [7, 11) is 0. The van der Waals surface area contributed by atoms with Gasteiger partial charge >= 0.3 is 0 Å². The van der Waals surface area contributed by atoms with Gasteiger partial charge in [0.2, 0.25) is 0 Å². The van der Waals surface area contributed by atoms with Crippen molar-refractivity contribution in [3.8, 4) is 12.3 Å².